The lowest BCUT2D eigenvalue weighted by Gasteiger charge is -2.13. The van der Waals surface area contributed by atoms with Crippen molar-refractivity contribution in [3.63, 3.8) is 0 Å². The van der Waals surface area contributed by atoms with Crippen molar-refractivity contribution in [3.05, 3.63) is 200 Å². The van der Waals surface area contributed by atoms with Gasteiger partial charge in [0.15, 0.2) is 23.1 Å². The summed E-state index contributed by atoms with van der Waals surface area (Å²) in [4.78, 5) is 19.9. The van der Waals surface area contributed by atoms with Gasteiger partial charge in [-0.1, -0.05) is 133 Å². The quantitative estimate of drug-likeness (QED) is 0.168. The van der Waals surface area contributed by atoms with E-state index in [9.17, 15) is 0 Å². The van der Waals surface area contributed by atoms with Gasteiger partial charge >= 0.3 is 0 Å². The average molecular weight is 768 g/mol. The van der Waals surface area contributed by atoms with E-state index in [2.05, 4.69) is 179 Å². The van der Waals surface area contributed by atoms with Gasteiger partial charge in [0.05, 0.1) is 17.2 Å². The normalized spacial score (nSPS) is 11.7. The van der Waals surface area contributed by atoms with E-state index < -0.39 is 0 Å². The smallest absolute Gasteiger partial charge is 0.164 e. The van der Waals surface area contributed by atoms with Gasteiger partial charge in [0.2, 0.25) is 0 Å². The molecule has 0 amide bonds. The zero-order valence-corrected chi connectivity index (χ0v) is 32.2. The predicted octanol–water partition coefficient (Wildman–Crippen LogP) is 13.8. The number of aromatic nitrogens is 5. The Bertz CT molecular complexity index is 3550. The Kier molecular flexibility index (Phi) is 7.74. The summed E-state index contributed by atoms with van der Waals surface area (Å²) >= 11 is 0. The van der Waals surface area contributed by atoms with Crippen LogP contribution in [0, 0.1) is 0 Å². The van der Waals surface area contributed by atoms with E-state index in [1.807, 2.05) is 18.2 Å². The molecule has 0 unspecified atom stereocenters. The zero-order chi connectivity index (χ0) is 39.6. The second-order valence-corrected chi connectivity index (χ2v) is 15.1. The number of para-hydroxylation sites is 2. The first-order valence-corrected chi connectivity index (χ1v) is 20.0. The van der Waals surface area contributed by atoms with Crippen LogP contribution in [-0.4, -0.2) is 24.5 Å². The number of nitrogens with zero attached hydrogens (tertiary/aromatic N) is 5. The van der Waals surface area contributed by atoms with Crippen molar-refractivity contribution >= 4 is 54.5 Å². The molecule has 12 aromatic rings. The van der Waals surface area contributed by atoms with Crippen LogP contribution in [0.3, 0.4) is 0 Å². The molecule has 4 heterocycles. The van der Waals surface area contributed by atoms with E-state index in [4.69, 9.17) is 19.4 Å². The van der Waals surface area contributed by atoms with E-state index in [0.717, 1.165) is 77.3 Å². The molecule has 0 spiro atoms. The maximum atomic E-state index is 6.26. The largest absolute Gasteiger partial charge is 0.454 e. The molecule has 0 bridgehead atoms. The second kappa shape index (κ2) is 13.7. The standard InChI is InChI=1S/C54H33N5O/c1-2-11-35(12-3-1)40-27-28-47(42-16-5-4-15-41(40)42)54-57-52(56-53(58-54)38-23-26-45-46-29-30-55-33-51(46)60-50(45)32-38)37-14-10-13-36(31-37)34-21-24-39(25-22-34)59-48-19-8-6-17-43(48)44-18-7-9-20-49(44)59/h1-33H. The topological polar surface area (TPSA) is 69.6 Å². The fourth-order valence-corrected chi connectivity index (χ4v) is 8.73. The van der Waals surface area contributed by atoms with E-state index in [0.29, 0.717) is 17.5 Å². The van der Waals surface area contributed by atoms with Gasteiger partial charge in [-0.2, -0.15) is 0 Å². The molecule has 6 heteroatoms. The van der Waals surface area contributed by atoms with Crippen molar-refractivity contribution in [2.75, 3.05) is 0 Å². The first-order valence-electron chi connectivity index (χ1n) is 20.0. The van der Waals surface area contributed by atoms with E-state index in [1.165, 1.54) is 21.8 Å². The van der Waals surface area contributed by atoms with Crippen molar-refractivity contribution in [2.45, 2.75) is 0 Å². The van der Waals surface area contributed by atoms with E-state index in [-0.39, 0.29) is 0 Å². The number of pyridine rings is 1. The van der Waals surface area contributed by atoms with E-state index in [1.54, 1.807) is 12.4 Å². The van der Waals surface area contributed by atoms with Crippen LogP contribution in [0.5, 0.6) is 0 Å². The minimum absolute atomic E-state index is 0.563. The third kappa shape index (κ3) is 5.57. The molecule has 0 aliphatic rings. The Balaban J connectivity index is 0.992. The highest BCUT2D eigenvalue weighted by Gasteiger charge is 2.18. The number of furan rings is 1. The maximum absolute atomic E-state index is 6.26. The molecule has 8 aromatic carbocycles. The third-order valence-corrected chi connectivity index (χ3v) is 11.6. The van der Waals surface area contributed by atoms with Crippen LogP contribution in [0.15, 0.2) is 205 Å². The van der Waals surface area contributed by atoms with Gasteiger partial charge in [0.25, 0.3) is 0 Å². The van der Waals surface area contributed by atoms with Gasteiger partial charge in [-0.15, -0.1) is 0 Å². The summed E-state index contributed by atoms with van der Waals surface area (Å²) in [5.74, 6) is 1.75. The molecule has 6 nitrogen and oxygen atoms in total. The highest BCUT2D eigenvalue weighted by Crippen LogP contribution is 2.38. The molecule has 0 saturated carbocycles. The fourth-order valence-electron chi connectivity index (χ4n) is 8.73. The SMILES string of the molecule is c1ccc(-c2ccc(-c3nc(-c4cccc(-c5ccc(-n6c7ccccc7c7ccccc76)cc5)c4)nc(-c4ccc5c(c4)oc4cnccc45)n3)c3ccccc23)cc1. The Morgan fingerprint density at radius 3 is 1.67 bits per heavy atom. The first-order chi connectivity index (χ1) is 29.7. The maximum Gasteiger partial charge on any atom is 0.164 e. The molecule has 0 atom stereocenters. The van der Waals surface area contributed by atoms with Crippen molar-refractivity contribution in [3.8, 4) is 62.1 Å². The lowest BCUT2D eigenvalue weighted by molar-refractivity contribution is 0.667. The Hall–Kier alpha value is -8.22. The molecule has 4 aromatic heterocycles. The molecule has 0 aliphatic heterocycles. The van der Waals surface area contributed by atoms with Gasteiger partial charge in [0, 0.05) is 50.1 Å². The molecule has 0 saturated heterocycles. The van der Waals surface area contributed by atoms with Crippen LogP contribution >= 0.6 is 0 Å². The van der Waals surface area contributed by atoms with Crippen LogP contribution in [0.1, 0.15) is 0 Å². The summed E-state index contributed by atoms with van der Waals surface area (Å²) in [6.07, 6.45) is 3.54. The number of benzene rings is 8. The molecule has 0 N–H and O–H groups in total. The molecular weight excluding hydrogens is 735 g/mol. The lowest BCUT2D eigenvalue weighted by atomic mass is 9.94. The Morgan fingerprint density at radius 1 is 0.350 bits per heavy atom. The summed E-state index contributed by atoms with van der Waals surface area (Å²) in [7, 11) is 0. The highest BCUT2D eigenvalue weighted by molar-refractivity contribution is 6.09. The number of hydrogen-bond acceptors (Lipinski definition) is 5. The van der Waals surface area contributed by atoms with E-state index >= 15 is 0 Å². The zero-order valence-electron chi connectivity index (χ0n) is 32.2. The minimum Gasteiger partial charge on any atom is -0.454 e. The Labute approximate surface area is 344 Å². The van der Waals surface area contributed by atoms with Gasteiger partial charge in [-0.05, 0) is 87.6 Å². The average Bonchev–Trinajstić information content (AvgIpc) is 3.87. The molecule has 280 valence electrons. The minimum atomic E-state index is 0.563. The first kappa shape index (κ1) is 33.9. The van der Waals surface area contributed by atoms with Crippen molar-refractivity contribution in [2.24, 2.45) is 0 Å². The lowest BCUT2D eigenvalue weighted by Crippen LogP contribution is -2.01. The predicted molar refractivity (Wildman–Crippen MR) is 244 cm³/mol. The summed E-state index contributed by atoms with van der Waals surface area (Å²) in [5, 5.41) is 6.73. The number of rotatable bonds is 6. The van der Waals surface area contributed by atoms with Gasteiger partial charge in [0.1, 0.15) is 5.58 Å². The van der Waals surface area contributed by atoms with Crippen molar-refractivity contribution in [1.82, 2.24) is 24.5 Å². The molecule has 60 heavy (non-hydrogen) atoms. The molecule has 0 aliphatic carbocycles. The van der Waals surface area contributed by atoms with Crippen LogP contribution in [-0.2, 0) is 0 Å². The summed E-state index contributed by atoms with van der Waals surface area (Å²) in [6, 6.07) is 65.9. The van der Waals surface area contributed by atoms with Crippen LogP contribution < -0.4 is 0 Å². The Morgan fingerprint density at radius 2 is 0.917 bits per heavy atom. The molecule has 12 rings (SSSR count). The van der Waals surface area contributed by atoms with Crippen LogP contribution in [0.4, 0.5) is 0 Å². The molecule has 0 radical (unpaired) electrons. The summed E-state index contributed by atoms with van der Waals surface area (Å²) in [6.45, 7) is 0. The molecule has 0 fully saturated rings. The van der Waals surface area contributed by atoms with Gasteiger partial charge < -0.3 is 8.98 Å². The summed E-state index contributed by atoms with van der Waals surface area (Å²) < 4.78 is 8.60. The van der Waals surface area contributed by atoms with Crippen LogP contribution in [0.25, 0.3) is 117 Å². The van der Waals surface area contributed by atoms with Crippen molar-refractivity contribution < 1.29 is 4.42 Å². The van der Waals surface area contributed by atoms with Crippen LogP contribution in [0.2, 0.25) is 0 Å². The highest BCUT2D eigenvalue weighted by atomic mass is 16.3. The monoisotopic (exact) mass is 767 g/mol. The molecular formula is C54H33N5O. The van der Waals surface area contributed by atoms with Crippen molar-refractivity contribution in [1.29, 1.82) is 0 Å². The van der Waals surface area contributed by atoms with Gasteiger partial charge in [-0.3, -0.25) is 4.98 Å². The number of hydrogen-bond donors (Lipinski definition) is 0. The summed E-state index contributed by atoms with van der Waals surface area (Å²) in [5.41, 5.74) is 12.1. The number of fused-ring (bicyclic) bond motifs is 7. The third-order valence-electron chi connectivity index (χ3n) is 11.6. The fraction of sp³-hybridized carbons (Fsp3) is 0. The second-order valence-electron chi connectivity index (χ2n) is 15.1. The van der Waals surface area contributed by atoms with Gasteiger partial charge in [-0.25, -0.2) is 15.0 Å².